The lowest BCUT2D eigenvalue weighted by atomic mass is 10.2. The first-order chi connectivity index (χ1) is 7.15. The van der Waals surface area contributed by atoms with Crippen molar-refractivity contribution in [3.63, 3.8) is 0 Å². The highest BCUT2D eigenvalue weighted by atomic mass is 16.6. The molecule has 4 heteroatoms. The van der Waals surface area contributed by atoms with E-state index in [0.29, 0.717) is 17.9 Å². The summed E-state index contributed by atoms with van der Waals surface area (Å²) >= 11 is 0. The molecule has 1 aromatic rings. The molecule has 0 aliphatic carbocycles. The Morgan fingerprint density at radius 3 is 2.73 bits per heavy atom. The smallest absolute Gasteiger partial charge is 0.340 e. The van der Waals surface area contributed by atoms with E-state index in [2.05, 4.69) is 0 Å². The lowest BCUT2D eigenvalue weighted by Crippen LogP contribution is -2.20. The summed E-state index contributed by atoms with van der Waals surface area (Å²) in [5.74, 6) is -0.419. The van der Waals surface area contributed by atoms with Gasteiger partial charge in [-0.2, -0.15) is 0 Å². The molecule has 1 rings (SSSR count). The van der Waals surface area contributed by atoms with Crippen LogP contribution in [0.25, 0.3) is 0 Å². The standard InChI is InChI=1S/C11H15NO3/c1-8(7-14-2)15-11(13)9-5-3-4-6-10(9)12/h3-6,8H,7,12H2,1-2H3. The largest absolute Gasteiger partial charge is 0.457 e. The van der Waals surface area contributed by atoms with Gasteiger partial charge in [-0.05, 0) is 19.1 Å². The van der Waals surface area contributed by atoms with Crippen molar-refractivity contribution < 1.29 is 14.3 Å². The molecule has 0 fully saturated rings. The van der Waals surface area contributed by atoms with Gasteiger partial charge in [0.15, 0.2) is 0 Å². The fourth-order valence-electron chi connectivity index (χ4n) is 1.20. The zero-order valence-corrected chi connectivity index (χ0v) is 8.90. The van der Waals surface area contributed by atoms with E-state index in [1.807, 2.05) is 0 Å². The van der Waals surface area contributed by atoms with Gasteiger partial charge >= 0.3 is 5.97 Å². The summed E-state index contributed by atoms with van der Waals surface area (Å²) in [4.78, 5) is 11.6. The quantitative estimate of drug-likeness (QED) is 0.602. The Balaban J connectivity index is 2.65. The van der Waals surface area contributed by atoms with Gasteiger partial charge in [-0.3, -0.25) is 0 Å². The van der Waals surface area contributed by atoms with E-state index < -0.39 is 5.97 Å². The molecular weight excluding hydrogens is 194 g/mol. The maximum atomic E-state index is 11.6. The van der Waals surface area contributed by atoms with Gasteiger partial charge in [0.1, 0.15) is 6.10 Å². The molecule has 82 valence electrons. The van der Waals surface area contributed by atoms with Crippen LogP contribution in [0.2, 0.25) is 0 Å². The van der Waals surface area contributed by atoms with E-state index in [-0.39, 0.29) is 6.10 Å². The first-order valence-corrected chi connectivity index (χ1v) is 4.69. The van der Waals surface area contributed by atoms with E-state index in [1.54, 1.807) is 38.3 Å². The molecule has 4 nitrogen and oxygen atoms in total. The molecule has 0 heterocycles. The number of hydrogen-bond acceptors (Lipinski definition) is 4. The number of esters is 1. The monoisotopic (exact) mass is 209 g/mol. The minimum atomic E-state index is -0.419. The zero-order chi connectivity index (χ0) is 11.3. The average molecular weight is 209 g/mol. The molecule has 0 bridgehead atoms. The molecule has 0 saturated carbocycles. The van der Waals surface area contributed by atoms with Crippen LogP contribution in [0.4, 0.5) is 5.69 Å². The number of para-hydroxylation sites is 1. The summed E-state index contributed by atoms with van der Waals surface area (Å²) < 4.78 is 9.98. The Kier molecular flexibility index (Phi) is 4.12. The van der Waals surface area contributed by atoms with Crippen LogP contribution in [0.3, 0.4) is 0 Å². The van der Waals surface area contributed by atoms with Gasteiger partial charge < -0.3 is 15.2 Å². The second kappa shape index (κ2) is 5.36. The highest BCUT2D eigenvalue weighted by Gasteiger charge is 2.13. The minimum absolute atomic E-state index is 0.276. The second-order valence-corrected chi connectivity index (χ2v) is 3.26. The average Bonchev–Trinajstić information content (AvgIpc) is 2.18. The molecule has 0 aromatic heterocycles. The predicted octanol–water partition coefficient (Wildman–Crippen LogP) is 1.46. The summed E-state index contributed by atoms with van der Waals surface area (Å²) in [5.41, 5.74) is 6.45. The van der Waals surface area contributed by atoms with Crippen molar-refractivity contribution >= 4 is 11.7 Å². The first-order valence-electron chi connectivity index (χ1n) is 4.69. The minimum Gasteiger partial charge on any atom is -0.457 e. The maximum absolute atomic E-state index is 11.6. The topological polar surface area (TPSA) is 61.5 Å². The molecule has 0 saturated heterocycles. The number of benzene rings is 1. The van der Waals surface area contributed by atoms with Gasteiger partial charge in [0, 0.05) is 12.8 Å². The number of nitrogen functional groups attached to an aromatic ring is 1. The lowest BCUT2D eigenvalue weighted by Gasteiger charge is -2.12. The van der Waals surface area contributed by atoms with Crippen molar-refractivity contribution in [2.24, 2.45) is 0 Å². The maximum Gasteiger partial charge on any atom is 0.340 e. The second-order valence-electron chi connectivity index (χ2n) is 3.26. The zero-order valence-electron chi connectivity index (χ0n) is 8.90. The van der Waals surface area contributed by atoms with Gasteiger partial charge in [0.05, 0.1) is 12.2 Å². The van der Waals surface area contributed by atoms with Gasteiger partial charge in [0.2, 0.25) is 0 Å². The fraction of sp³-hybridized carbons (Fsp3) is 0.364. The molecule has 0 aliphatic heterocycles. The molecular formula is C11H15NO3. The Hall–Kier alpha value is -1.55. The summed E-state index contributed by atoms with van der Waals surface area (Å²) in [6.07, 6.45) is -0.276. The van der Waals surface area contributed by atoms with E-state index in [1.165, 1.54) is 0 Å². The summed E-state index contributed by atoms with van der Waals surface area (Å²) in [6, 6.07) is 6.81. The molecule has 0 aliphatic rings. The number of carbonyl (C=O) groups is 1. The number of nitrogens with two attached hydrogens (primary N) is 1. The number of hydrogen-bond donors (Lipinski definition) is 1. The number of carbonyl (C=O) groups excluding carboxylic acids is 1. The Morgan fingerprint density at radius 1 is 1.47 bits per heavy atom. The molecule has 1 unspecified atom stereocenters. The van der Waals surface area contributed by atoms with Crippen LogP contribution in [-0.2, 0) is 9.47 Å². The van der Waals surface area contributed by atoms with E-state index in [9.17, 15) is 4.79 Å². The Morgan fingerprint density at radius 2 is 2.13 bits per heavy atom. The van der Waals surface area contributed by atoms with Crippen molar-refractivity contribution in [3.8, 4) is 0 Å². The van der Waals surface area contributed by atoms with E-state index >= 15 is 0 Å². The SMILES string of the molecule is COCC(C)OC(=O)c1ccccc1N. The van der Waals surface area contributed by atoms with Gasteiger partial charge in [-0.15, -0.1) is 0 Å². The van der Waals surface area contributed by atoms with Gasteiger partial charge in [-0.25, -0.2) is 4.79 Å². The summed E-state index contributed by atoms with van der Waals surface area (Å²) in [5, 5.41) is 0. The van der Waals surface area contributed by atoms with Gasteiger partial charge in [0.25, 0.3) is 0 Å². The van der Waals surface area contributed by atoms with Gasteiger partial charge in [-0.1, -0.05) is 12.1 Å². The third-order valence-electron chi connectivity index (χ3n) is 1.89. The van der Waals surface area contributed by atoms with Crippen LogP contribution < -0.4 is 5.73 Å². The summed E-state index contributed by atoms with van der Waals surface area (Å²) in [6.45, 7) is 2.14. The molecule has 15 heavy (non-hydrogen) atoms. The third kappa shape index (κ3) is 3.25. The first kappa shape index (κ1) is 11.5. The van der Waals surface area contributed by atoms with Crippen molar-refractivity contribution in [3.05, 3.63) is 29.8 Å². The van der Waals surface area contributed by atoms with Crippen molar-refractivity contribution in [2.45, 2.75) is 13.0 Å². The number of ether oxygens (including phenoxy) is 2. The Labute approximate surface area is 89.0 Å². The highest BCUT2D eigenvalue weighted by molar-refractivity contribution is 5.95. The highest BCUT2D eigenvalue weighted by Crippen LogP contribution is 2.12. The number of methoxy groups -OCH3 is 1. The van der Waals surface area contributed by atoms with Crippen molar-refractivity contribution in [1.82, 2.24) is 0 Å². The van der Waals surface area contributed by atoms with Crippen LogP contribution in [0.5, 0.6) is 0 Å². The summed E-state index contributed by atoms with van der Waals surface area (Å²) in [7, 11) is 1.56. The van der Waals surface area contributed by atoms with E-state index in [0.717, 1.165) is 0 Å². The third-order valence-corrected chi connectivity index (χ3v) is 1.89. The molecule has 1 aromatic carbocycles. The van der Waals surface area contributed by atoms with Crippen LogP contribution in [-0.4, -0.2) is 25.8 Å². The normalized spacial score (nSPS) is 12.1. The molecule has 0 spiro atoms. The fourth-order valence-corrected chi connectivity index (χ4v) is 1.20. The van der Waals surface area contributed by atoms with Crippen molar-refractivity contribution in [1.29, 1.82) is 0 Å². The van der Waals surface area contributed by atoms with Crippen LogP contribution in [0.15, 0.2) is 24.3 Å². The van der Waals surface area contributed by atoms with Crippen LogP contribution >= 0.6 is 0 Å². The predicted molar refractivity (Wildman–Crippen MR) is 57.6 cm³/mol. The van der Waals surface area contributed by atoms with Crippen LogP contribution in [0.1, 0.15) is 17.3 Å². The molecule has 1 atom stereocenters. The molecule has 0 radical (unpaired) electrons. The van der Waals surface area contributed by atoms with E-state index in [4.69, 9.17) is 15.2 Å². The lowest BCUT2D eigenvalue weighted by molar-refractivity contribution is 0.0121. The molecule has 0 amide bonds. The number of anilines is 1. The van der Waals surface area contributed by atoms with Crippen LogP contribution in [0, 0.1) is 0 Å². The molecule has 2 N–H and O–H groups in total. The Bertz CT molecular complexity index is 338. The van der Waals surface area contributed by atoms with Crippen molar-refractivity contribution in [2.75, 3.05) is 19.5 Å². The number of rotatable bonds is 4.